The van der Waals surface area contributed by atoms with Gasteiger partial charge < -0.3 is 25.7 Å². The predicted molar refractivity (Wildman–Crippen MR) is 64.5 cm³/mol. The molecule has 4 atom stereocenters. The SMILES string of the molecule is Nc1ncnc2c1[nH]c(=O)n2[C@@H]1O[C@](F)(CO)[C@@H](F)[C@H]1O. The number of aromatic nitrogens is 4. The smallest absolute Gasteiger partial charge is 0.330 e. The van der Waals surface area contributed by atoms with Gasteiger partial charge >= 0.3 is 5.69 Å². The summed E-state index contributed by atoms with van der Waals surface area (Å²) in [5.74, 6) is -3.15. The maximum atomic E-state index is 13.9. The molecule has 0 bridgehead atoms. The number of aromatic amines is 1. The molecule has 1 fully saturated rings. The van der Waals surface area contributed by atoms with Crippen LogP contribution in [0.1, 0.15) is 6.23 Å². The third-order valence-electron chi connectivity index (χ3n) is 3.33. The number of hydrogen-bond donors (Lipinski definition) is 4. The minimum Gasteiger partial charge on any atom is -0.390 e. The number of aliphatic hydroxyl groups excluding tert-OH is 2. The number of nitrogens with zero attached hydrogens (tertiary/aromatic N) is 3. The van der Waals surface area contributed by atoms with Crippen LogP contribution in [0.4, 0.5) is 14.6 Å². The Labute approximate surface area is 115 Å². The average Bonchev–Trinajstić information content (AvgIpc) is 2.90. The number of nitrogens with one attached hydrogen (secondary N) is 1. The van der Waals surface area contributed by atoms with Crippen molar-refractivity contribution >= 4 is 17.0 Å². The van der Waals surface area contributed by atoms with E-state index < -0.39 is 36.7 Å². The largest absolute Gasteiger partial charge is 0.390 e. The van der Waals surface area contributed by atoms with Crippen LogP contribution in [0.5, 0.6) is 0 Å². The first kappa shape index (κ1) is 13.9. The van der Waals surface area contributed by atoms with Crippen molar-refractivity contribution < 1.29 is 23.7 Å². The van der Waals surface area contributed by atoms with E-state index in [1.807, 2.05) is 0 Å². The lowest BCUT2D eigenvalue weighted by Crippen LogP contribution is -2.39. The zero-order chi connectivity index (χ0) is 15.4. The molecule has 0 saturated carbocycles. The van der Waals surface area contributed by atoms with Crippen LogP contribution < -0.4 is 11.4 Å². The lowest BCUT2D eigenvalue weighted by molar-refractivity contribution is -0.195. The fraction of sp³-hybridized carbons (Fsp3) is 0.500. The summed E-state index contributed by atoms with van der Waals surface area (Å²) in [6.45, 7) is -1.31. The summed E-state index contributed by atoms with van der Waals surface area (Å²) in [6.07, 6.45) is -5.18. The van der Waals surface area contributed by atoms with Crippen LogP contribution in [0.25, 0.3) is 11.2 Å². The summed E-state index contributed by atoms with van der Waals surface area (Å²) < 4.78 is 33.1. The molecule has 11 heteroatoms. The van der Waals surface area contributed by atoms with E-state index in [9.17, 15) is 18.7 Å². The lowest BCUT2D eigenvalue weighted by atomic mass is 10.1. The topological polar surface area (TPSA) is 139 Å². The number of fused-ring (bicyclic) bond motifs is 1. The molecule has 5 N–H and O–H groups in total. The van der Waals surface area contributed by atoms with E-state index in [0.29, 0.717) is 0 Å². The molecule has 0 amide bonds. The molecule has 21 heavy (non-hydrogen) atoms. The second-order valence-corrected chi connectivity index (χ2v) is 4.60. The van der Waals surface area contributed by atoms with E-state index in [-0.39, 0.29) is 17.0 Å². The minimum absolute atomic E-state index is 0.0474. The number of anilines is 1. The highest BCUT2D eigenvalue weighted by atomic mass is 19.2. The summed E-state index contributed by atoms with van der Waals surface area (Å²) in [5, 5.41) is 18.6. The molecule has 0 radical (unpaired) electrons. The summed E-state index contributed by atoms with van der Waals surface area (Å²) >= 11 is 0. The van der Waals surface area contributed by atoms with Gasteiger partial charge in [0.2, 0.25) is 0 Å². The first-order chi connectivity index (χ1) is 9.89. The normalized spacial score (nSPS) is 32.9. The van der Waals surface area contributed by atoms with E-state index in [2.05, 4.69) is 15.0 Å². The summed E-state index contributed by atoms with van der Waals surface area (Å²) in [5.41, 5.74) is 4.69. The number of aliphatic hydroxyl groups is 2. The Balaban J connectivity index is 2.16. The molecule has 0 aromatic carbocycles. The average molecular weight is 303 g/mol. The Morgan fingerprint density at radius 1 is 1.57 bits per heavy atom. The number of alkyl halides is 2. The van der Waals surface area contributed by atoms with E-state index in [0.717, 1.165) is 10.9 Å². The van der Waals surface area contributed by atoms with Gasteiger partial charge in [-0.15, -0.1) is 0 Å². The van der Waals surface area contributed by atoms with E-state index in [1.54, 1.807) is 0 Å². The molecule has 0 aliphatic carbocycles. The van der Waals surface area contributed by atoms with E-state index >= 15 is 0 Å². The van der Waals surface area contributed by atoms with Crippen molar-refractivity contribution in [3.63, 3.8) is 0 Å². The quantitative estimate of drug-likeness (QED) is 0.534. The van der Waals surface area contributed by atoms with Gasteiger partial charge in [0.25, 0.3) is 5.85 Å². The molecule has 1 aliphatic heterocycles. The molecule has 0 unspecified atom stereocenters. The first-order valence-electron chi connectivity index (χ1n) is 5.89. The molecular weight excluding hydrogens is 292 g/mol. The first-order valence-corrected chi connectivity index (χ1v) is 5.89. The number of halogens is 2. The molecule has 2 aromatic rings. The third-order valence-corrected chi connectivity index (χ3v) is 3.33. The van der Waals surface area contributed by atoms with Crippen molar-refractivity contribution in [1.29, 1.82) is 0 Å². The lowest BCUT2D eigenvalue weighted by Gasteiger charge is -2.18. The zero-order valence-electron chi connectivity index (χ0n) is 10.4. The number of ether oxygens (including phenoxy) is 1. The van der Waals surface area contributed by atoms with Crippen molar-refractivity contribution in [2.24, 2.45) is 0 Å². The maximum Gasteiger partial charge on any atom is 0.330 e. The molecule has 1 aliphatic rings. The number of nitrogens with two attached hydrogens (primary N) is 1. The minimum atomic E-state index is -3.11. The highest BCUT2D eigenvalue weighted by molar-refractivity contribution is 5.81. The predicted octanol–water partition coefficient (Wildman–Crippen LogP) is -1.41. The van der Waals surface area contributed by atoms with Gasteiger partial charge in [0.15, 0.2) is 23.9 Å². The molecule has 1 saturated heterocycles. The Bertz CT molecular complexity index is 749. The van der Waals surface area contributed by atoms with Gasteiger partial charge in [-0.2, -0.15) is 0 Å². The summed E-state index contributed by atoms with van der Waals surface area (Å²) in [6, 6.07) is 0. The second kappa shape index (κ2) is 4.44. The summed E-state index contributed by atoms with van der Waals surface area (Å²) in [7, 11) is 0. The van der Waals surface area contributed by atoms with Gasteiger partial charge in [-0.3, -0.25) is 0 Å². The van der Waals surface area contributed by atoms with Crippen molar-refractivity contribution in [1.82, 2.24) is 19.5 Å². The Morgan fingerprint density at radius 3 is 2.90 bits per heavy atom. The fourth-order valence-electron chi connectivity index (χ4n) is 2.26. The van der Waals surface area contributed by atoms with Gasteiger partial charge in [-0.25, -0.2) is 28.1 Å². The number of nitrogen functional groups attached to an aromatic ring is 1. The molecule has 2 aromatic heterocycles. The van der Waals surface area contributed by atoms with Crippen LogP contribution in [-0.4, -0.2) is 54.5 Å². The summed E-state index contributed by atoms with van der Waals surface area (Å²) in [4.78, 5) is 21.7. The fourth-order valence-corrected chi connectivity index (χ4v) is 2.26. The monoisotopic (exact) mass is 303 g/mol. The van der Waals surface area contributed by atoms with Crippen LogP contribution in [0, 0.1) is 0 Å². The van der Waals surface area contributed by atoms with Crippen molar-refractivity contribution in [2.45, 2.75) is 24.4 Å². The molecule has 3 heterocycles. The number of rotatable bonds is 2. The highest BCUT2D eigenvalue weighted by Gasteiger charge is 2.57. The Morgan fingerprint density at radius 2 is 2.29 bits per heavy atom. The van der Waals surface area contributed by atoms with Gasteiger partial charge in [0.1, 0.15) is 24.6 Å². The van der Waals surface area contributed by atoms with E-state index in [4.69, 9.17) is 15.6 Å². The van der Waals surface area contributed by atoms with Crippen LogP contribution in [0.3, 0.4) is 0 Å². The van der Waals surface area contributed by atoms with Gasteiger partial charge in [0, 0.05) is 0 Å². The molecule has 3 rings (SSSR count). The van der Waals surface area contributed by atoms with Crippen LogP contribution >= 0.6 is 0 Å². The molecular formula is C10H11F2N5O4. The highest BCUT2D eigenvalue weighted by Crippen LogP contribution is 2.40. The molecule has 0 spiro atoms. The van der Waals surface area contributed by atoms with Crippen molar-refractivity contribution in [3.8, 4) is 0 Å². The van der Waals surface area contributed by atoms with Crippen molar-refractivity contribution in [3.05, 3.63) is 16.8 Å². The standard InChI is InChI=1S/C10H11F2N5O4/c11-5-4(19)8(21-10(5,12)1-18)17-7-3(16-9(17)20)6(13)14-2-15-7/h2,4-5,8,18-19H,1H2,(H,16,20)(H2,13,14,15)/t4-,5+,8-,10-/m1/s1. The van der Waals surface area contributed by atoms with Crippen LogP contribution in [0.15, 0.2) is 11.1 Å². The van der Waals surface area contributed by atoms with Crippen LogP contribution in [0.2, 0.25) is 0 Å². The number of imidazole rings is 1. The Hall–Kier alpha value is -2.11. The maximum absolute atomic E-state index is 13.9. The van der Waals surface area contributed by atoms with E-state index in [1.165, 1.54) is 0 Å². The molecule has 114 valence electrons. The third kappa shape index (κ3) is 1.81. The van der Waals surface area contributed by atoms with Gasteiger partial charge in [0.05, 0.1) is 0 Å². The second-order valence-electron chi connectivity index (χ2n) is 4.60. The number of hydrogen-bond acceptors (Lipinski definition) is 7. The van der Waals surface area contributed by atoms with Crippen molar-refractivity contribution in [2.75, 3.05) is 12.3 Å². The van der Waals surface area contributed by atoms with Gasteiger partial charge in [-0.05, 0) is 0 Å². The van der Waals surface area contributed by atoms with Crippen LogP contribution in [-0.2, 0) is 4.74 Å². The van der Waals surface area contributed by atoms with Gasteiger partial charge in [-0.1, -0.05) is 0 Å². The number of H-pyrrole nitrogens is 1. The Kier molecular flexibility index (Phi) is 2.93. The zero-order valence-corrected chi connectivity index (χ0v) is 10.4. The molecule has 9 nitrogen and oxygen atoms in total.